The summed E-state index contributed by atoms with van der Waals surface area (Å²) in [6.07, 6.45) is -0.121. The number of ether oxygens (including phenoxy) is 1. The predicted octanol–water partition coefficient (Wildman–Crippen LogP) is -0.630. The molecular formula is C7H16N2O3. The minimum absolute atomic E-state index is 0.144. The summed E-state index contributed by atoms with van der Waals surface area (Å²) in [5.74, 6) is 4.81. The van der Waals surface area contributed by atoms with E-state index in [9.17, 15) is 4.79 Å². The first kappa shape index (κ1) is 11.4. The second-order valence-corrected chi connectivity index (χ2v) is 2.64. The maximum atomic E-state index is 11.2. The third-order valence-electron chi connectivity index (χ3n) is 1.46. The minimum Gasteiger partial charge on any atom is -0.385 e. The van der Waals surface area contributed by atoms with E-state index < -0.39 is 6.10 Å². The second kappa shape index (κ2) is 5.93. The highest BCUT2D eigenvalue weighted by molar-refractivity contribution is 5.80. The number of hydrogen-bond acceptors (Lipinski definition) is 4. The van der Waals surface area contributed by atoms with Gasteiger partial charge in [-0.25, -0.2) is 5.90 Å². The van der Waals surface area contributed by atoms with Crippen molar-refractivity contribution in [1.82, 2.24) is 4.90 Å². The molecule has 1 amide bonds. The number of nitrogens with zero attached hydrogens (tertiary/aromatic N) is 1. The van der Waals surface area contributed by atoms with Gasteiger partial charge in [-0.3, -0.25) is 9.63 Å². The van der Waals surface area contributed by atoms with Crippen molar-refractivity contribution in [2.75, 3.05) is 27.8 Å². The van der Waals surface area contributed by atoms with Gasteiger partial charge in [-0.1, -0.05) is 0 Å². The Hall–Kier alpha value is -0.650. The number of amides is 1. The van der Waals surface area contributed by atoms with Gasteiger partial charge in [-0.05, 0) is 0 Å². The number of nitrogens with two attached hydrogens (primary N) is 1. The van der Waals surface area contributed by atoms with E-state index in [0.29, 0.717) is 13.0 Å². The molecular weight excluding hydrogens is 160 g/mol. The molecule has 0 fully saturated rings. The molecule has 5 heteroatoms. The fourth-order valence-electron chi connectivity index (χ4n) is 0.763. The van der Waals surface area contributed by atoms with Crippen LogP contribution in [0.15, 0.2) is 0 Å². The van der Waals surface area contributed by atoms with E-state index in [1.165, 1.54) is 4.90 Å². The van der Waals surface area contributed by atoms with E-state index in [0.717, 1.165) is 0 Å². The van der Waals surface area contributed by atoms with Crippen LogP contribution in [0.25, 0.3) is 0 Å². The van der Waals surface area contributed by atoms with Crippen LogP contribution >= 0.6 is 0 Å². The lowest BCUT2D eigenvalue weighted by Crippen LogP contribution is -2.37. The summed E-state index contributed by atoms with van der Waals surface area (Å²) >= 11 is 0. The molecule has 0 aliphatic heterocycles. The molecule has 0 bridgehead atoms. The van der Waals surface area contributed by atoms with Gasteiger partial charge in [0.1, 0.15) is 0 Å². The fraction of sp³-hybridized carbons (Fsp3) is 0.857. The third kappa shape index (κ3) is 3.66. The van der Waals surface area contributed by atoms with Crippen LogP contribution in [0, 0.1) is 0 Å². The Kier molecular flexibility index (Phi) is 5.61. The highest BCUT2D eigenvalue weighted by Gasteiger charge is 2.19. The molecule has 2 N–H and O–H groups in total. The Labute approximate surface area is 72.4 Å². The molecule has 0 aromatic rings. The van der Waals surface area contributed by atoms with Gasteiger partial charge in [-0.15, -0.1) is 0 Å². The molecule has 0 aromatic carbocycles. The van der Waals surface area contributed by atoms with E-state index in [1.807, 2.05) is 0 Å². The van der Waals surface area contributed by atoms with E-state index in [-0.39, 0.29) is 5.91 Å². The van der Waals surface area contributed by atoms with Crippen molar-refractivity contribution in [2.45, 2.75) is 12.5 Å². The van der Waals surface area contributed by atoms with Gasteiger partial charge in [0.05, 0.1) is 0 Å². The van der Waals surface area contributed by atoms with Crippen LogP contribution in [0.3, 0.4) is 0 Å². The maximum absolute atomic E-state index is 11.2. The van der Waals surface area contributed by atoms with Gasteiger partial charge in [0.25, 0.3) is 5.91 Å². The van der Waals surface area contributed by atoms with E-state index in [4.69, 9.17) is 10.6 Å². The van der Waals surface area contributed by atoms with Crippen molar-refractivity contribution in [3.63, 3.8) is 0 Å². The zero-order valence-electron chi connectivity index (χ0n) is 7.74. The Morgan fingerprint density at radius 2 is 2.17 bits per heavy atom. The Balaban J connectivity index is 3.88. The van der Waals surface area contributed by atoms with Crippen LogP contribution in [0.4, 0.5) is 0 Å². The van der Waals surface area contributed by atoms with Crippen LogP contribution < -0.4 is 5.90 Å². The van der Waals surface area contributed by atoms with E-state index in [2.05, 4.69) is 4.84 Å². The van der Waals surface area contributed by atoms with Gasteiger partial charge >= 0.3 is 0 Å². The first-order valence-electron chi connectivity index (χ1n) is 3.69. The Morgan fingerprint density at radius 1 is 1.58 bits per heavy atom. The standard InChI is InChI=1S/C7H16N2O3/c1-9(2)7(10)6(12-8)4-5-11-3/h6H,4-5,8H2,1-3H3. The van der Waals surface area contributed by atoms with Crippen molar-refractivity contribution in [3.8, 4) is 0 Å². The highest BCUT2D eigenvalue weighted by Crippen LogP contribution is 1.99. The van der Waals surface area contributed by atoms with Gasteiger partial charge in [0.2, 0.25) is 0 Å². The fourth-order valence-corrected chi connectivity index (χ4v) is 0.763. The van der Waals surface area contributed by atoms with Crippen LogP contribution in [0.5, 0.6) is 0 Å². The quantitative estimate of drug-likeness (QED) is 0.566. The molecule has 72 valence electrons. The normalized spacial score (nSPS) is 12.7. The van der Waals surface area contributed by atoms with Gasteiger partial charge in [-0.2, -0.15) is 0 Å². The van der Waals surface area contributed by atoms with Crippen molar-refractivity contribution < 1.29 is 14.4 Å². The molecule has 1 atom stereocenters. The molecule has 0 saturated carbocycles. The molecule has 0 radical (unpaired) electrons. The van der Waals surface area contributed by atoms with Crippen LogP contribution in [-0.4, -0.2) is 44.7 Å². The summed E-state index contributed by atoms with van der Waals surface area (Å²) in [7, 11) is 4.87. The Bertz CT molecular complexity index is 139. The molecule has 12 heavy (non-hydrogen) atoms. The number of methoxy groups -OCH3 is 1. The lowest BCUT2D eigenvalue weighted by atomic mass is 10.2. The average molecular weight is 176 g/mol. The molecule has 1 unspecified atom stereocenters. The summed E-state index contributed by atoms with van der Waals surface area (Å²) in [5.41, 5.74) is 0. The predicted molar refractivity (Wildman–Crippen MR) is 44.2 cm³/mol. The van der Waals surface area contributed by atoms with Gasteiger partial charge < -0.3 is 9.64 Å². The van der Waals surface area contributed by atoms with E-state index >= 15 is 0 Å². The summed E-state index contributed by atoms with van der Waals surface area (Å²) in [5, 5.41) is 0. The molecule has 0 aliphatic rings. The third-order valence-corrected chi connectivity index (χ3v) is 1.46. The minimum atomic E-state index is -0.597. The van der Waals surface area contributed by atoms with Crippen LogP contribution in [0.2, 0.25) is 0 Å². The molecule has 0 saturated heterocycles. The van der Waals surface area contributed by atoms with Gasteiger partial charge in [0, 0.05) is 34.2 Å². The topological polar surface area (TPSA) is 64.8 Å². The maximum Gasteiger partial charge on any atom is 0.253 e. The summed E-state index contributed by atoms with van der Waals surface area (Å²) < 4.78 is 4.80. The van der Waals surface area contributed by atoms with E-state index in [1.54, 1.807) is 21.2 Å². The zero-order chi connectivity index (χ0) is 9.56. The number of likely N-dealkylation sites (N-methyl/N-ethyl adjacent to an activating group) is 1. The molecule has 5 nitrogen and oxygen atoms in total. The molecule has 0 aliphatic carbocycles. The first-order chi connectivity index (χ1) is 5.63. The molecule has 0 spiro atoms. The summed E-state index contributed by atoms with van der Waals surface area (Å²) in [6.45, 7) is 0.460. The zero-order valence-corrected chi connectivity index (χ0v) is 7.74. The second-order valence-electron chi connectivity index (χ2n) is 2.64. The number of hydrogen-bond donors (Lipinski definition) is 1. The monoisotopic (exact) mass is 176 g/mol. The highest BCUT2D eigenvalue weighted by atomic mass is 16.6. The average Bonchev–Trinajstić information content (AvgIpc) is 2.05. The van der Waals surface area contributed by atoms with Crippen LogP contribution in [-0.2, 0) is 14.4 Å². The van der Waals surface area contributed by atoms with Crippen LogP contribution in [0.1, 0.15) is 6.42 Å². The van der Waals surface area contributed by atoms with Gasteiger partial charge in [0.15, 0.2) is 6.10 Å². The van der Waals surface area contributed by atoms with Crippen molar-refractivity contribution in [1.29, 1.82) is 0 Å². The number of carbonyl (C=O) groups is 1. The largest absolute Gasteiger partial charge is 0.385 e. The lowest BCUT2D eigenvalue weighted by molar-refractivity contribution is -0.142. The molecule has 0 aromatic heterocycles. The SMILES string of the molecule is COCCC(ON)C(=O)N(C)C. The Morgan fingerprint density at radius 3 is 2.50 bits per heavy atom. The summed E-state index contributed by atoms with van der Waals surface area (Å²) in [6, 6.07) is 0. The van der Waals surface area contributed by atoms with Crippen molar-refractivity contribution in [2.24, 2.45) is 5.90 Å². The first-order valence-corrected chi connectivity index (χ1v) is 3.69. The lowest BCUT2D eigenvalue weighted by Gasteiger charge is -2.17. The smallest absolute Gasteiger partial charge is 0.253 e. The molecule has 0 rings (SSSR count). The van der Waals surface area contributed by atoms with Crippen molar-refractivity contribution in [3.05, 3.63) is 0 Å². The summed E-state index contributed by atoms with van der Waals surface area (Å²) in [4.78, 5) is 17.2. The van der Waals surface area contributed by atoms with Crippen molar-refractivity contribution >= 4 is 5.91 Å². The number of carbonyl (C=O) groups excluding carboxylic acids is 1. The molecule has 0 heterocycles. The number of rotatable bonds is 5.